The molecule has 0 bridgehead atoms. The molecule has 1 aromatic rings. The molecule has 0 spiro atoms. The zero-order chi connectivity index (χ0) is 12.3. The minimum absolute atomic E-state index is 0.0877. The van der Waals surface area contributed by atoms with Crippen molar-refractivity contribution < 1.29 is 13.9 Å². The van der Waals surface area contributed by atoms with Crippen LogP contribution in [-0.2, 0) is 4.74 Å². The first-order valence-electron chi connectivity index (χ1n) is 5.61. The van der Waals surface area contributed by atoms with Crippen LogP contribution in [0, 0.1) is 11.7 Å². The zero-order valence-corrected chi connectivity index (χ0v) is 9.36. The fraction of sp³-hybridized carbons (Fsp3) is 0.417. The topological polar surface area (TPSA) is 64.3 Å². The van der Waals surface area contributed by atoms with E-state index in [1.807, 2.05) is 0 Å². The highest BCUT2D eigenvalue weighted by atomic mass is 19.1. The van der Waals surface area contributed by atoms with Gasteiger partial charge < -0.3 is 10.5 Å². The maximum absolute atomic E-state index is 13.2. The van der Waals surface area contributed by atoms with Gasteiger partial charge in [0.1, 0.15) is 11.9 Å². The third-order valence-corrected chi connectivity index (χ3v) is 2.91. The molecule has 0 aromatic heterocycles. The van der Waals surface area contributed by atoms with Crippen molar-refractivity contribution in [3.63, 3.8) is 0 Å². The number of rotatable bonds is 3. The van der Waals surface area contributed by atoms with Crippen molar-refractivity contribution in [2.45, 2.75) is 18.9 Å². The second-order valence-electron chi connectivity index (χ2n) is 4.21. The van der Waals surface area contributed by atoms with Gasteiger partial charge in [-0.15, -0.1) is 0 Å². The molecule has 5 heteroatoms. The predicted molar refractivity (Wildman–Crippen MR) is 62.1 cm³/mol. The average Bonchev–Trinajstić information content (AvgIpc) is 2.26. The van der Waals surface area contributed by atoms with Crippen molar-refractivity contribution in [1.29, 1.82) is 0 Å². The molecule has 1 aliphatic rings. The Morgan fingerprint density at radius 2 is 2.18 bits per heavy atom. The van der Waals surface area contributed by atoms with E-state index in [2.05, 4.69) is 5.32 Å². The van der Waals surface area contributed by atoms with Crippen LogP contribution in [0.1, 0.15) is 12.8 Å². The maximum atomic E-state index is 13.2. The molecule has 4 nitrogen and oxygen atoms in total. The van der Waals surface area contributed by atoms with Crippen LogP contribution >= 0.6 is 0 Å². The predicted octanol–water partition coefficient (Wildman–Crippen LogP) is 2.11. The molecule has 92 valence electrons. The van der Waals surface area contributed by atoms with Crippen LogP contribution in [0.4, 0.5) is 14.9 Å². The number of para-hydroxylation sites is 1. The van der Waals surface area contributed by atoms with Gasteiger partial charge in [0.25, 0.3) is 0 Å². The van der Waals surface area contributed by atoms with Crippen molar-refractivity contribution >= 4 is 11.8 Å². The Morgan fingerprint density at radius 3 is 2.82 bits per heavy atom. The van der Waals surface area contributed by atoms with Crippen molar-refractivity contribution in [2.75, 3.05) is 11.9 Å². The lowest BCUT2D eigenvalue weighted by atomic mass is 9.82. The molecule has 17 heavy (non-hydrogen) atoms. The smallest absolute Gasteiger partial charge is 0.411 e. The van der Waals surface area contributed by atoms with E-state index in [9.17, 15) is 9.18 Å². The molecule has 2 rings (SSSR count). The fourth-order valence-electron chi connectivity index (χ4n) is 1.82. The fourth-order valence-corrected chi connectivity index (χ4v) is 1.82. The Hall–Kier alpha value is -1.62. The van der Waals surface area contributed by atoms with Crippen molar-refractivity contribution in [2.24, 2.45) is 11.7 Å². The number of nitrogens with two attached hydrogens (primary N) is 1. The Kier molecular flexibility index (Phi) is 3.58. The Balaban J connectivity index is 1.80. The summed E-state index contributed by atoms with van der Waals surface area (Å²) in [7, 11) is 0. The minimum atomic E-state index is -0.615. The van der Waals surface area contributed by atoms with Gasteiger partial charge in [-0.1, -0.05) is 12.1 Å². The summed E-state index contributed by atoms with van der Waals surface area (Å²) in [6.07, 6.45) is 0.883. The molecule has 0 atom stereocenters. The van der Waals surface area contributed by atoms with E-state index in [-0.39, 0.29) is 11.8 Å². The largest absolute Gasteiger partial charge is 0.446 e. The summed E-state index contributed by atoms with van der Waals surface area (Å²) in [5, 5.41) is 2.37. The number of carbonyl (C=O) groups is 1. The summed E-state index contributed by atoms with van der Waals surface area (Å²) in [5.41, 5.74) is 5.60. The standard InChI is InChI=1S/C12H15FN2O2/c13-10-3-1-2-4-11(10)15-12(16)17-9-5-8(6-9)7-14/h1-4,8-9H,5-7,14H2,(H,15,16). The van der Waals surface area contributed by atoms with Gasteiger partial charge in [-0.3, -0.25) is 5.32 Å². The lowest BCUT2D eigenvalue weighted by Crippen LogP contribution is -2.38. The number of nitrogens with one attached hydrogen (secondary N) is 1. The minimum Gasteiger partial charge on any atom is -0.446 e. The number of anilines is 1. The third-order valence-electron chi connectivity index (χ3n) is 2.91. The number of hydrogen-bond donors (Lipinski definition) is 2. The van der Waals surface area contributed by atoms with Gasteiger partial charge in [-0.05, 0) is 37.4 Å². The van der Waals surface area contributed by atoms with Gasteiger partial charge in [-0.25, -0.2) is 9.18 Å². The van der Waals surface area contributed by atoms with Gasteiger partial charge in [0.15, 0.2) is 0 Å². The molecule has 1 aliphatic carbocycles. The molecule has 1 amide bonds. The lowest BCUT2D eigenvalue weighted by Gasteiger charge is -2.33. The summed E-state index contributed by atoms with van der Waals surface area (Å²) in [6.45, 7) is 0.620. The molecular weight excluding hydrogens is 223 g/mol. The highest BCUT2D eigenvalue weighted by Crippen LogP contribution is 2.29. The quantitative estimate of drug-likeness (QED) is 0.847. The monoisotopic (exact) mass is 238 g/mol. The first-order chi connectivity index (χ1) is 8.19. The van der Waals surface area contributed by atoms with Crippen molar-refractivity contribution in [3.05, 3.63) is 30.1 Å². The summed E-state index contributed by atoms with van der Waals surface area (Å²) in [5.74, 6) is -0.0286. The van der Waals surface area contributed by atoms with E-state index in [1.54, 1.807) is 12.1 Å². The molecular formula is C12H15FN2O2. The summed E-state index contributed by atoms with van der Waals surface area (Å²) < 4.78 is 18.3. The Bertz CT molecular complexity index is 405. The van der Waals surface area contributed by atoms with Crippen LogP contribution < -0.4 is 11.1 Å². The normalized spacial score (nSPS) is 22.7. The van der Waals surface area contributed by atoms with Crippen LogP contribution in [0.15, 0.2) is 24.3 Å². The second kappa shape index (κ2) is 5.14. The SMILES string of the molecule is NCC1CC(OC(=O)Nc2ccccc2F)C1. The number of ether oxygens (including phenoxy) is 1. The van der Waals surface area contributed by atoms with E-state index in [4.69, 9.17) is 10.5 Å². The van der Waals surface area contributed by atoms with E-state index in [0.29, 0.717) is 12.5 Å². The van der Waals surface area contributed by atoms with Crippen molar-refractivity contribution in [3.8, 4) is 0 Å². The Labute approximate surface area is 98.9 Å². The zero-order valence-electron chi connectivity index (χ0n) is 9.36. The molecule has 0 unspecified atom stereocenters. The molecule has 3 N–H and O–H groups in total. The lowest BCUT2D eigenvalue weighted by molar-refractivity contribution is 0.0278. The van der Waals surface area contributed by atoms with Crippen LogP contribution in [0.3, 0.4) is 0 Å². The Morgan fingerprint density at radius 1 is 1.47 bits per heavy atom. The number of benzene rings is 1. The van der Waals surface area contributed by atoms with Crippen molar-refractivity contribution in [1.82, 2.24) is 0 Å². The van der Waals surface area contributed by atoms with Crippen LogP contribution in [-0.4, -0.2) is 18.7 Å². The van der Waals surface area contributed by atoms with Crippen LogP contribution in [0.5, 0.6) is 0 Å². The van der Waals surface area contributed by atoms with Gasteiger partial charge in [0, 0.05) is 0 Å². The summed E-state index contributed by atoms with van der Waals surface area (Å²) in [6, 6.07) is 5.97. The maximum Gasteiger partial charge on any atom is 0.411 e. The molecule has 1 saturated carbocycles. The van der Waals surface area contributed by atoms with Crippen LogP contribution in [0.2, 0.25) is 0 Å². The van der Waals surface area contributed by atoms with E-state index >= 15 is 0 Å². The van der Waals surface area contributed by atoms with E-state index in [0.717, 1.165) is 12.8 Å². The number of halogens is 1. The second-order valence-corrected chi connectivity index (χ2v) is 4.21. The number of hydrogen-bond acceptors (Lipinski definition) is 3. The molecule has 1 aromatic carbocycles. The van der Waals surface area contributed by atoms with Gasteiger partial charge in [0.2, 0.25) is 0 Å². The van der Waals surface area contributed by atoms with E-state index < -0.39 is 11.9 Å². The third kappa shape index (κ3) is 2.94. The number of carbonyl (C=O) groups excluding carboxylic acids is 1. The molecule has 0 heterocycles. The first-order valence-corrected chi connectivity index (χ1v) is 5.61. The average molecular weight is 238 g/mol. The molecule has 0 aliphatic heterocycles. The van der Waals surface area contributed by atoms with E-state index in [1.165, 1.54) is 12.1 Å². The van der Waals surface area contributed by atoms with Gasteiger partial charge in [0.05, 0.1) is 5.69 Å². The molecule has 0 saturated heterocycles. The highest BCUT2D eigenvalue weighted by Gasteiger charge is 2.31. The highest BCUT2D eigenvalue weighted by molar-refractivity contribution is 5.84. The number of amides is 1. The van der Waals surface area contributed by atoms with Gasteiger partial charge >= 0.3 is 6.09 Å². The molecule has 1 fully saturated rings. The summed E-state index contributed by atoms with van der Waals surface area (Å²) in [4.78, 5) is 11.4. The van der Waals surface area contributed by atoms with Gasteiger partial charge in [-0.2, -0.15) is 0 Å². The van der Waals surface area contributed by atoms with Crippen LogP contribution in [0.25, 0.3) is 0 Å². The first kappa shape index (κ1) is 11.9. The summed E-state index contributed by atoms with van der Waals surface area (Å²) >= 11 is 0. The molecule has 0 radical (unpaired) electrons.